The van der Waals surface area contributed by atoms with Gasteiger partial charge in [0.15, 0.2) is 17.5 Å². The molecule has 0 unspecified atom stereocenters. The van der Waals surface area contributed by atoms with E-state index in [0.29, 0.717) is 17.5 Å². The Balaban J connectivity index is 0.982. The average Bonchev–Trinajstić information content (AvgIpc) is 3.86. The van der Waals surface area contributed by atoms with Crippen LogP contribution in [0, 0.1) is 0 Å². The third-order valence-corrected chi connectivity index (χ3v) is 12.9. The molecule has 0 saturated heterocycles. The third kappa shape index (κ3) is 6.34. The van der Waals surface area contributed by atoms with E-state index in [0.717, 1.165) is 72.0 Å². The number of rotatable bonds is 7. The minimum absolute atomic E-state index is 0.0932. The van der Waals surface area contributed by atoms with Gasteiger partial charge in [-0.3, -0.25) is 0 Å². The maximum atomic E-state index is 6.52. The Morgan fingerprint density at radius 1 is 0.328 bits per heavy atom. The van der Waals surface area contributed by atoms with Gasteiger partial charge in [-0.2, -0.15) is 0 Å². The maximum Gasteiger partial charge on any atom is 0.164 e. The van der Waals surface area contributed by atoms with Crippen molar-refractivity contribution in [3.05, 3.63) is 223 Å². The first-order valence-electron chi connectivity index (χ1n) is 21.8. The predicted octanol–water partition coefficient (Wildman–Crippen LogP) is 15.7. The summed E-state index contributed by atoms with van der Waals surface area (Å²) in [5.41, 5.74) is 18.6. The van der Waals surface area contributed by atoms with Crippen molar-refractivity contribution in [3.63, 3.8) is 0 Å². The van der Waals surface area contributed by atoms with Crippen molar-refractivity contribution in [2.24, 2.45) is 0 Å². The lowest BCUT2D eigenvalue weighted by atomic mass is 9.82. The lowest BCUT2D eigenvalue weighted by Crippen LogP contribution is -2.14. The molecule has 0 N–H and O–H groups in total. The molecular weight excluding hydrogens is 779 g/mol. The highest BCUT2D eigenvalue weighted by molar-refractivity contribution is 6.13. The summed E-state index contributed by atoms with van der Waals surface area (Å²) in [7, 11) is 0. The summed E-state index contributed by atoms with van der Waals surface area (Å²) in [5.74, 6) is 1.83. The molecule has 0 fully saturated rings. The van der Waals surface area contributed by atoms with Gasteiger partial charge in [-0.25, -0.2) is 15.0 Å². The van der Waals surface area contributed by atoms with E-state index in [1.54, 1.807) is 0 Å². The van der Waals surface area contributed by atoms with Crippen LogP contribution in [0.2, 0.25) is 0 Å². The number of nitrogens with zero attached hydrogens (tertiary/aromatic N) is 3. The van der Waals surface area contributed by atoms with Crippen LogP contribution < -0.4 is 0 Å². The highest BCUT2D eigenvalue weighted by atomic mass is 16.3. The van der Waals surface area contributed by atoms with E-state index in [9.17, 15) is 0 Å². The third-order valence-electron chi connectivity index (χ3n) is 12.9. The Morgan fingerprint density at radius 2 is 0.797 bits per heavy atom. The van der Waals surface area contributed by atoms with Crippen LogP contribution in [0.5, 0.6) is 0 Å². The monoisotopic (exact) mass is 819 g/mol. The molecule has 1 aliphatic carbocycles. The molecule has 11 aromatic rings. The second-order valence-corrected chi connectivity index (χ2v) is 17.2. The molecule has 0 saturated carbocycles. The van der Waals surface area contributed by atoms with Crippen molar-refractivity contribution in [2.75, 3.05) is 0 Å². The van der Waals surface area contributed by atoms with Crippen LogP contribution >= 0.6 is 0 Å². The minimum atomic E-state index is -0.0932. The number of aromatic nitrogens is 3. The van der Waals surface area contributed by atoms with Crippen LogP contribution in [0.4, 0.5) is 0 Å². The molecule has 9 aromatic carbocycles. The lowest BCUT2D eigenvalue weighted by Gasteiger charge is -2.21. The summed E-state index contributed by atoms with van der Waals surface area (Å²) in [4.78, 5) is 15.7. The van der Waals surface area contributed by atoms with Crippen molar-refractivity contribution in [1.29, 1.82) is 0 Å². The number of fused-ring (bicyclic) bond motifs is 6. The van der Waals surface area contributed by atoms with E-state index in [1.807, 2.05) is 12.1 Å². The molecule has 12 rings (SSSR count). The number of hydrogen-bond donors (Lipinski definition) is 0. The summed E-state index contributed by atoms with van der Waals surface area (Å²) in [5, 5.41) is 2.22. The van der Waals surface area contributed by atoms with Gasteiger partial charge in [-0.1, -0.05) is 190 Å². The van der Waals surface area contributed by atoms with E-state index in [1.165, 1.54) is 33.4 Å². The summed E-state index contributed by atoms with van der Waals surface area (Å²) in [6.07, 6.45) is 0. The summed E-state index contributed by atoms with van der Waals surface area (Å²) < 4.78 is 6.52. The van der Waals surface area contributed by atoms with Crippen LogP contribution in [0.3, 0.4) is 0 Å². The van der Waals surface area contributed by atoms with Crippen LogP contribution in [-0.2, 0) is 5.41 Å². The van der Waals surface area contributed by atoms with E-state index in [2.05, 4.69) is 214 Å². The standard InChI is InChI=1S/C60H41N3O/c1-60(2)51-29-10-9-26-49(51)55-48(27-14-30-52(55)60)43-22-13-25-46(36-43)59-62-57(44-23-11-20-40(34-44)38-16-5-3-6-17-38)61-58(63-59)45-24-12-21-41(35-45)42-32-33-50-54(37-42)64-53-31-15-28-47(56(50)53)39-18-7-4-8-19-39/h3-37H,1-2H3. The molecule has 4 heteroatoms. The van der Waals surface area contributed by atoms with E-state index in [-0.39, 0.29) is 5.41 Å². The quantitative estimate of drug-likeness (QED) is 0.161. The van der Waals surface area contributed by atoms with Crippen LogP contribution in [0.1, 0.15) is 25.0 Å². The fourth-order valence-electron chi connectivity index (χ4n) is 9.75. The summed E-state index contributed by atoms with van der Waals surface area (Å²) >= 11 is 0. The highest BCUT2D eigenvalue weighted by Gasteiger charge is 2.36. The lowest BCUT2D eigenvalue weighted by molar-refractivity contribution is 0.660. The molecule has 302 valence electrons. The first kappa shape index (κ1) is 37.5. The summed E-state index contributed by atoms with van der Waals surface area (Å²) in [6.45, 7) is 4.65. The van der Waals surface area contributed by atoms with Crippen molar-refractivity contribution < 1.29 is 4.42 Å². The predicted molar refractivity (Wildman–Crippen MR) is 263 cm³/mol. The van der Waals surface area contributed by atoms with Gasteiger partial charge in [-0.05, 0) is 103 Å². The molecular formula is C60H41N3O. The zero-order valence-corrected chi connectivity index (χ0v) is 35.5. The van der Waals surface area contributed by atoms with Gasteiger partial charge in [0.1, 0.15) is 11.2 Å². The van der Waals surface area contributed by atoms with Crippen LogP contribution in [-0.4, -0.2) is 15.0 Å². The Hall–Kier alpha value is -8.21. The molecule has 0 radical (unpaired) electrons. The fourth-order valence-corrected chi connectivity index (χ4v) is 9.75. The van der Waals surface area contributed by atoms with Gasteiger partial charge in [-0.15, -0.1) is 0 Å². The first-order chi connectivity index (χ1) is 31.5. The molecule has 0 atom stereocenters. The topological polar surface area (TPSA) is 51.8 Å². The SMILES string of the molecule is CC1(C)c2ccccc2-c2c(-c3cccc(-c4nc(-c5cccc(-c6ccccc6)c5)nc(-c5cccc(-c6ccc7c(c6)oc6cccc(-c8ccccc8)c67)c5)n4)c3)cccc21. The maximum absolute atomic E-state index is 6.52. The van der Waals surface area contributed by atoms with Gasteiger partial charge in [0.05, 0.1) is 0 Å². The largest absolute Gasteiger partial charge is 0.456 e. The summed E-state index contributed by atoms with van der Waals surface area (Å²) in [6, 6.07) is 74.9. The Bertz CT molecular complexity index is 3590. The molecule has 4 nitrogen and oxygen atoms in total. The zero-order chi connectivity index (χ0) is 42.8. The fraction of sp³-hybridized carbons (Fsp3) is 0.0500. The van der Waals surface area contributed by atoms with Gasteiger partial charge >= 0.3 is 0 Å². The van der Waals surface area contributed by atoms with E-state index >= 15 is 0 Å². The molecule has 2 heterocycles. The van der Waals surface area contributed by atoms with Gasteiger partial charge in [0.25, 0.3) is 0 Å². The first-order valence-corrected chi connectivity index (χ1v) is 21.8. The number of furan rings is 1. The highest BCUT2D eigenvalue weighted by Crippen LogP contribution is 2.52. The van der Waals surface area contributed by atoms with Gasteiger partial charge in [0.2, 0.25) is 0 Å². The van der Waals surface area contributed by atoms with Crippen molar-refractivity contribution in [1.82, 2.24) is 15.0 Å². The minimum Gasteiger partial charge on any atom is -0.456 e. The smallest absolute Gasteiger partial charge is 0.164 e. The normalized spacial score (nSPS) is 12.7. The van der Waals surface area contributed by atoms with E-state index in [4.69, 9.17) is 19.4 Å². The number of hydrogen-bond acceptors (Lipinski definition) is 4. The molecule has 1 aliphatic rings. The number of benzene rings is 9. The molecule has 64 heavy (non-hydrogen) atoms. The van der Waals surface area contributed by atoms with Gasteiger partial charge in [0, 0.05) is 32.9 Å². The van der Waals surface area contributed by atoms with Crippen molar-refractivity contribution in [3.8, 4) is 89.8 Å². The van der Waals surface area contributed by atoms with Gasteiger partial charge < -0.3 is 4.42 Å². The second kappa shape index (κ2) is 15.0. The van der Waals surface area contributed by atoms with E-state index < -0.39 is 0 Å². The van der Waals surface area contributed by atoms with Crippen LogP contribution in [0.25, 0.3) is 112 Å². The Labute approximate surface area is 372 Å². The Kier molecular flexibility index (Phi) is 8.80. The van der Waals surface area contributed by atoms with Crippen LogP contribution in [0.15, 0.2) is 217 Å². The van der Waals surface area contributed by atoms with Crippen molar-refractivity contribution in [2.45, 2.75) is 19.3 Å². The van der Waals surface area contributed by atoms with Crippen molar-refractivity contribution >= 4 is 21.9 Å². The molecule has 2 aromatic heterocycles. The average molecular weight is 820 g/mol. The molecule has 0 spiro atoms. The zero-order valence-electron chi connectivity index (χ0n) is 35.5. The molecule has 0 bridgehead atoms. The Morgan fingerprint density at radius 3 is 1.48 bits per heavy atom. The molecule has 0 aliphatic heterocycles. The molecule has 0 amide bonds. The second-order valence-electron chi connectivity index (χ2n) is 17.2.